The number of hydrogen-bond donors (Lipinski definition) is 0. The van der Waals surface area contributed by atoms with Crippen LogP contribution in [0.3, 0.4) is 0 Å². The topological polar surface area (TPSA) is 78.9 Å². The van der Waals surface area contributed by atoms with Crippen molar-refractivity contribution >= 4 is 17.9 Å². The van der Waals surface area contributed by atoms with Gasteiger partial charge in [0, 0.05) is 19.3 Å². The lowest BCUT2D eigenvalue weighted by atomic mass is 10.0. The summed E-state index contributed by atoms with van der Waals surface area (Å²) in [6.07, 6.45) is 70.7. The zero-order valence-corrected chi connectivity index (χ0v) is 45.1. The fourth-order valence-electron chi connectivity index (χ4n) is 8.37. The molecule has 0 saturated carbocycles. The Kier molecular flexibility index (Phi) is 54.3. The standard InChI is InChI=1S/C62H110O6/c1-4-7-10-13-16-19-22-25-28-30-31-32-35-37-40-43-46-49-52-55-61(64)67-58-59(57-66-60(63)54-51-48-45-42-39-36-33-27-24-21-18-15-12-9-6-3)68-62(65)56-53-50-47-44-41-38-34-29-26-23-20-17-14-11-8-5-2/h8,11,17,20-21,24,26,29,38,41,59H,4-7,9-10,12-16,18-19,22-23,25,27-28,30-37,39-40,42-58H2,1-3H3/b11-8-,20-17-,24-21-,29-26-,41-38-. The molecule has 0 aromatic carbocycles. The minimum Gasteiger partial charge on any atom is -0.462 e. The minimum atomic E-state index is -0.791. The van der Waals surface area contributed by atoms with Crippen LogP contribution in [0, 0.1) is 0 Å². The molecule has 0 aromatic rings. The molecule has 68 heavy (non-hydrogen) atoms. The molecule has 0 aromatic heterocycles. The molecular formula is C62H110O6. The van der Waals surface area contributed by atoms with Crippen LogP contribution in [-0.4, -0.2) is 37.2 Å². The smallest absolute Gasteiger partial charge is 0.306 e. The molecule has 0 spiro atoms. The lowest BCUT2D eigenvalue weighted by molar-refractivity contribution is -0.167. The fourth-order valence-corrected chi connectivity index (χ4v) is 8.37. The van der Waals surface area contributed by atoms with Gasteiger partial charge in [-0.15, -0.1) is 0 Å². The van der Waals surface area contributed by atoms with Crippen LogP contribution >= 0.6 is 0 Å². The Balaban J connectivity index is 4.38. The van der Waals surface area contributed by atoms with Gasteiger partial charge in [0.05, 0.1) is 0 Å². The van der Waals surface area contributed by atoms with Gasteiger partial charge in [0.2, 0.25) is 0 Å². The van der Waals surface area contributed by atoms with Crippen LogP contribution in [0.5, 0.6) is 0 Å². The van der Waals surface area contributed by atoms with Crippen molar-refractivity contribution in [3.63, 3.8) is 0 Å². The zero-order chi connectivity index (χ0) is 49.3. The molecule has 6 heteroatoms. The Bertz CT molecular complexity index is 1230. The summed E-state index contributed by atoms with van der Waals surface area (Å²) in [5, 5.41) is 0. The molecule has 0 N–H and O–H groups in total. The molecule has 1 atom stereocenters. The van der Waals surface area contributed by atoms with Gasteiger partial charge in [0.25, 0.3) is 0 Å². The Morgan fingerprint density at radius 3 is 0.941 bits per heavy atom. The minimum absolute atomic E-state index is 0.0858. The zero-order valence-electron chi connectivity index (χ0n) is 45.1. The SMILES string of the molecule is CC/C=C\C/C=C\C/C=C\C/C=C\CCCCCC(=O)OC(COC(=O)CCCCCCCCC/C=C\CCCCCC)COC(=O)CCCCCCCCCCCCCCCCCCCCC. The third-order valence-electron chi connectivity index (χ3n) is 12.8. The van der Waals surface area contributed by atoms with E-state index in [0.29, 0.717) is 19.3 Å². The third kappa shape index (κ3) is 54.1. The van der Waals surface area contributed by atoms with Crippen LogP contribution in [0.4, 0.5) is 0 Å². The van der Waals surface area contributed by atoms with Crippen LogP contribution < -0.4 is 0 Å². The van der Waals surface area contributed by atoms with Crippen LogP contribution in [0.2, 0.25) is 0 Å². The highest BCUT2D eigenvalue weighted by Crippen LogP contribution is 2.16. The molecule has 0 aliphatic heterocycles. The van der Waals surface area contributed by atoms with Crippen molar-refractivity contribution in [3.05, 3.63) is 60.8 Å². The number of carbonyl (C=O) groups excluding carboxylic acids is 3. The molecule has 394 valence electrons. The van der Waals surface area contributed by atoms with Gasteiger partial charge in [-0.25, -0.2) is 0 Å². The van der Waals surface area contributed by atoms with E-state index in [-0.39, 0.29) is 31.1 Å². The fraction of sp³-hybridized carbons (Fsp3) is 0.790. The average molecular weight is 952 g/mol. The highest BCUT2D eigenvalue weighted by atomic mass is 16.6. The second-order valence-corrected chi connectivity index (χ2v) is 19.5. The van der Waals surface area contributed by atoms with Crippen LogP contribution in [-0.2, 0) is 28.6 Å². The first-order valence-corrected chi connectivity index (χ1v) is 29.3. The number of ether oxygens (including phenoxy) is 3. The molecule has 1 unspecified atom stereocenters. The van der Waals surface area contributed by atoms with Crippen molar-refractivity contribution in [1.82, 2.24) is 0 Å². The summed E-state index contributed by atoms with van der Waals surface area (Å²) in [6.45, 7) is 6.52. The summed E-state index contributed by atoms with van der Waals surface area (Å²) < 4.78 is 16.9. The Hall–Kier alpha value is -2.89. The number of allylic oxidation sites excluding steroid dienone is 10. The highest BCUT2D eigenvalue weighted by molar-refractivity contribution is 5.71. The van der Waals surface area contributed by atoms with E-state index in [0.717, 1.165) is 89.9 Å². The normalized spacial score (nSPS) is 12.5. The van der Waals surface area contributed by atoms with Gasteiger partial charge in [-0.3, -0.25) is 14.4 Å². The van der Waals surface area contributed by atoms with Gasteiger partial charge in [0.15, 0.2) is 6.10 Å². The summed E-state index contributed by atoms with van der Waals surface area (Å²) in [4.78, 5) is 38.2. The van der Waals surface area contributed by atoms with Crippen molar-refractivity contribution in [2.45, 2.75) is 303 Å². The first-order valence-electron chi connectivity index (χ1n) is 29.3. The first-order chi connectivity index (χ1) is 33.5. The number of rotatable bonds is 53. The maximum atomic E-state index is 12.8. The van der Waals surface area contributed by atoms with E-state index in [4.69, 9.17) is 14.2 Å². The van der Waals surface area contributed by atoms with E-state index >= 15 is 0 Å². The highest BCUT2D eigenvalue weighted by Gasteiger charge is 2.19. The molecule has 0 bridgehead atoms. The summed E-state index contributed by atoms with van der Waals surface area (Å²) >= 11 is 0. The van der Waals surface area contributed by atoms with Gasteiger partial charge in [-0.1, -0.05) is 255 Å². The lowest BCUT2D eigenvalue weighted by Gasteiger charge is -2.18. The van der Waals surface area contributed by atoms with E-state index < -0.39 is 6.10 Å². The van der Waals surface area contributed by atoms with Gasteiger partial charge < -0.3 is 14.2 Å². The van der Waals surface area contributed by atoms with E-state index in [1.807, 2.05) is 0 Å². The Labute approximate surface area is 421 Å². The van der Waals surface area contributed by atoms with E-state index in [2.05, 4.69) is 81.5 Å². The van der Waals surface area contributed by atoms with Gasteiger partial charge >= 0.3 is 17.9 Å². The molecule has 0 radical (unpaired) electrons. The van der Waals surface area contributed by atoms with Crippen molar-refractivity contribution < 1.29 is 28.6 Å². The molecule has 0 saturated heterocycles. The molecule has 0 fully saturated rings. The molecule has 6 nitrogen and oxygen atoms in total. The molecule has 0 amide bonds. The van der Waals surface area contributed by atoms with Crippen molar-refractivity contribution in [2.75, 3.05) is 13.2 Å². The van der Waals surface area contributed by atoms with Gasteiger partial charge in [-0.05, 0) is 83.5 Å². The van der Waals surface area contributed by atoms with E-state index in [9.17, 15) is 14.4 Å². The van der Waals surface area contributed by atoms with Crippen molar-refractivity contribution in [1.29, 1.82) is 0 Å². The maximum absolute atomic E-state index is 12.8. The number of esters is 3. The summed E-state index contributed by atoms with van der Waals surface area (Å²) in [5.74, 6) is -0.909. The van der Waals surface area contributed by atoms with Crippen molar-refractivity contribution in [3.8, 4) is 0 Å². The summed E-state index contributed by atoms with van der Waals surface area (Å²) in [7, 11) is 0. The quantitative estimate of drug-likeness (QED) is 0.0262. The van der Waals surface area contributed by atoms with E-state index in [1.165, 1.54) is 167 Å². The predicted molar refractivity (Wildman–Crippen MR) is 293 cm³/mol. The predicted octanol–water partition coefficient (Wildman–Crippen LogP) is 19.6. The molecule has 0 aliphatic carbocycles. The van der Waals surface area contributed by atoms with Crippen LogP contribution in [0.25, 0.3) is 0 Å². The summed E-state index contributed by atoms with van der Waals surface area (Å²) in [5.41, 5.74) is 0. The summed E-state index contributed by atoms with van der Waals surface area (Å²) in [6, 6.07) is 0. The molecule has 0 rings (SSSR count). The number of unbranched alkanes of at least 4 members (excludes halogenated alkanes) is 32. The molecule has 0 heterocycles. The van der Waals surface area contributed by atoms with Crippen LogP contribution in [0.15, 0.2) is 60.8 Å². The van der Waals surface area contributed by atoms with Crippen LogP contribution in [0.1, 0.15) is 297 Å². The lowest BCUT2D eigenvalue weighted by Crippen LogP contribution is -2.30. The second-order valence-electron chi connectivity index (χ2n) is 19.5. The third-order valence-corrected chi connectivity index (χ3v) is 12.8. The number of carbonyl (C=O) groups is 3. The monoisotopic (exact) mass is 951 g/mol. The Morgan fingerprint density at radius 1 is 0.309 bits per heavy atom. The van der Waals surface area contributed by atoms with Crippen molar-refractivity contribution in [2.24, 2.45) is 0 Å². The maximum Gasteiger partial charge on any atom is 0.306 e. The molecule has 0 aliphatic rings. The average Bonchev–Trinajstić information content (AvgIpc) is 3.34. The number of hydrogen-bond acceptors (Lipinski definition) is 6. The second kappa shape index (κ2) is 56.7. The van der Waals surface area contributed by atoms with E-state index in [1.54, 1.807) is 0 Å². The van der Waals surface area contributed by atoms with Gasteiger partial charge in [-0.2, -0.15) is 0 Å². The van der Waals surface area contributed by atoms with Gasteiger partial charge in [0.1, 0.15) is 13.2 Å². The first kappa shape index (κ1) is 65.1. The largest absolute Gasteiger partial charge is 0.462 e. The Morgan fingerprint density at radius 2 is 0.574 bits per heavy atom. The molecular weight excluding hydrogens is 841 g/mol.